The molecule has 4 heteroatoms. The van der Waals surface area contributed by atoms with Gasteiger partial charge in [-0.25, -0.2) is 0 Å². The lowest BCUT2D eigenvalue weighted by atomic mass is 9.64. The van der Waals surface area contributed by atoms with E-state index in [4.69, 9.17) is 0 Å². The van der Waals surface area contributed by atoms with Crippen LogP contribution in [0.25, 0.3) is 0 Å². The average Bonchev–Trinajstić information content (AvgIpc) is 2.59. The predicted octanol–water partition coefficient (Wildman–Crippen LogP) is 4.14. The minimum Gasteiger partial charge on any atom is -0.271 e. The van der Waals surface area contributed by atoms with Gasteiger partial charge < -0.3 is 0 Å². The van der Waals surface area contributed by atoms with Gasteiger partial charge >= 0.3 is 0 Å². The van der Waals surface area contributed by atoms with Gasteiger partial charge in [0.15, 0.2) is 0 Å². The summed E-state index contributed by atoms with van der Waals surface area (Å²) in [7, 11) is 1.96. The molecule has 0 aromatic carbocycles. The molecule has 0 saturated heterocycles. The maximum atomic E-state index is 9.67. The van der Waals surface area contributed by atoms with Crippen LogP contribution in [0, 0.1) is 29.1 Å². The Hall–Kier alpha value is -0.820. The highest BCUT2D eigenvalue weighted by Gasteiger charge is 2.39. The molecule has 0 spiro atoms. The molecule has 1 aliphatic carbocycles. The Morgan fingerprint density at radius 2 is 1.89 bits per heavy atom. The van der Waals surface area contributed by atoms with Crippen molar-refractivity contribution in [3.05, 3.63) is 15.9 Å². The molecule has 0 amide bonds. The Kier molecular flexibility index (Phi) is 3.79. The van der Waals surface area contributed by atoms with Crippen LogP contribution in [0.1, 0.15) is 50.9 Å². The Morgan fingerprint density at radius 3 is 2.32 bits per heavy atom. The predicted molar refractivity (Wildman–Crippen MR) is 79.6 cm³/mol. The van der Waals surface area contributed by atoms with Gasteiger partial charge in [-0.1, -0.05) is 13.8 Å². The van der Waals surface area contributed by atoms with Crippen LogP contribution in [0.5, 0.6) is 0 Å². The van der Waals surface area contributed by atoms with Crippen LogP contribution in [0.3, 0.4) is 0 Å². The molecular formula is C15H22BrN3. The zero-order valence-electron chi connectivity index (χ0n) is 12.3. The Labute approximate surface area is 124 Å². The minimum atomic E-state index is -0.210. The number of nitrogens with zero attached hydrogens (tertiary/aromatic N) is 3. The van der Waals surface area contributed by atoms with Crippen LogP contribution in [-0.4, -0.2) is 9.78 Å². The summed E-state index contributed by atoms with van der Waals surface area (Å²) in [5, 5.41) is 14.1. The van der Waals surface area contributed by atoms with Crippen molar-refractivity contribution in [1.82, 2.24) is 9.78 Å². The zero-order valence-corrected chi connectivity index (χ0v) is 13.8. The van der Waals surface area contributed by atoms with Gasteiger partial charge in [0.25, 0.3) is 0 Å². The van der Waals surface area contributed by atoms with E-state index in [0.29, 0.717) is 5.41 Å². The fourth-order valence-electron chi connectivity index (χ4n) is 2.93. The topological polar surface area (TPSA) is 41.6 Å². The number of nitriles is 1. The lowest BCUT2D eigenvalue weighted by molar-refractivity contribution is 0.144. The summed E-state index contributed by atoms with van der Waals surface area (Å²) in [6.07, 6.45) is 5.06. The Morgan fingerprint density at radius 1 is 1.32 bits per heavy atom. The monoisotopic (exact) mass is 323 g/mol. The highest BCUT2D eigenvalue weighted by Crippen LogP contribution is 2.47. The van der Waals surface area contributed by atoms with Gasteiger partial charge in [0.2, 0.25) is 0 Å². The van der Waals surface area contributed by atoms with Gasteiger partial charge in [0.1, 0.15) is 0 Å². The molecule has 1 aliphatic rings. The molecular weight excluding hydrogens is 302 g/mol. The van der Waals surface area contributed by atoms with E-state index in [1.807, 2.05) is 18.7 Å². The third-order valence-electron chi connectivity index (χ3n) is 4.57. The molecule has 1 heterocycles. The van der Waals surface area contributed by atoms with E-state index < -0.39 is 0 Å². The molecule has 0 bridgehead atoms. The highest BCUT2D eigenvalue weighted by molar-refractivity contribution is 9.10. The lowest BCUT2D eigenvalue weighted by Crippen LogP contribution is -2.32. The molecule has 3 nitrogen and oxygen atoms in total. The Balaban J connectivity index is 2.23. The van der Waals surface area contributed by atoms with E-state index in [1.165, 1.54) is 0 Å². The van der Waals surface area contributed by atoms with Crippen molar-refractivity contribution in [1.29, 1.82) is 5.26 Å². The van der Waals surface area contributed by atoms with E-state index in [9.17, 15) is 5.26 Å². The van der Waals surface area contributed by atoms with Crippen molar-refractivity contribution < 1.29 is 0 Å². The smallest absolute Gasteiger partial charge is 0.0738 e. The average molecular weight is 324 g/mol. The van der Waals surface area contributed by atoms with Crippen LogP contribution in [0.4, 0.5) is 0 Å². The number of aromatic nitrogens is 2. The molecule has 0 unspecified atom stereocenters. The molecule has 104 valence electrons. The van der Waals surface area contributed by atoms with Gasteiger partial charge in [-0.15, -0.1) is 0 Å². The summed E-state index contributed by atoms with van der Waals surface area (Å²) >= 11 is 3.61. The SMILES string of the molecule is Cc1nn(C)c(CC2(C#N)CCC(C)(C)CC2)c1Br. The molecule has 0 atom stereocenters. The van der Waals surface area contributed by atoms with Crippen molar-refractivity contribution in [2.75, 3.05) is 0 Å². The molecule has 2 rings (SSSR count). The van der Waals surface area contributed by atoms with Crippen molar-refractivity contribution >= 4 is 15.9 Å². The standard InChI is InChI=1S/C15H22BrN3/c1-11-13(16)12(19(4)18-11)9-15(10-17)7-5-14(2,3)6-8-15/h5-9H2,1-4H3. The van der Waals surface area contributed by atoms with Gasteiger partial charge in [-0.3, -0.25) is 4.68 Å². The van der Waals surface area contributed by atoms with Crippen LogP contribution in [-0.2, 0) is 13.5 Å². The second-order valence-electron chi connectivity index (χ2n) is 6.70. The summed E-state index contributed by atoms with van der Waals surface area (Å²) < 4.78 is 2.98. The first kappa shape index (κ1) is 14.6. The second kappa shape index (κ2) is 4.94. The zero-order chi connectivity index (χ0) is 14.3. The van der Waals surface area contributed by atoms with Gasteiger partial charge in [-0.05, 0) is 54.0 Å². The minimum absolute atomic E-state index is 0.210. The number of hydrogen-bond acceptors (Lipinski definition) is 2. The van der Waals surface area contributed by atoms with E-state index in [1.54, 1.807) is 0 Å². The third-order valence-corrected chi connectivity index (χ3v) is 5.60. The van der Waals surface area contributed by atoms with E-state index in [0.717, 1.165) is 48.0 Å². The van der Waals surface area contributed by atoms with Gasteiger partial charge in [0, 0.05) is 13.5 Å². The van der Waals surface area contributed by atoms with E-state index in [-0.39, 0.29) is 5.41 Å². The summed E-state index contributed by atoms with van der Waals surface area (Å²) in [5.41, 5.74) is 2.33. The quantitative estimate of drug-likeness (QED) is 0.820. The van der Waals surface area contributed by atoms with Crippen LogP contribution >= 0.6 is 15.9 Å². The molecule has 0 N–H and O–H groups in total. The Bertz CT molecular complexity index is 512. The third kappa shape index (κ3) is 2.86. The number of aryl methyl sites for hydroxylation is 2. The normalized spacial score (nSPS) is 21.1. The maximum Gasteiger partial charge on any atom is 0.0738 e. The van der Waals surface area contributed by atoms with Crippen molar-refractivity contribution in [3.63, 3.8) is 0 Å². The number of halogens is 1. The number of rotatable bonds is 2. The molecule has 1 saturated carbocycles. The molecule has 0 aliphatic heterocycles. The van der Waals surface area contributed by atoms with Gasteiger partial charge in [0.05, 0.1) is 27.3 Å². The van der Waals surface area contributed by atoms with Crippen LogP contribution in [0.2, 0.25) is 0 Å². The summed E-state index contributed by atoms with van der Waals surface area (Å²) in [5.74, 6) is 0. The summed E-state index contributed by atoms with van der Waals surface area (Å²) in [6, 6.07) is 2.61. The van der Waals surface area contributed by atoms with Crippen molar-refractivity contribution in [2.24, 2.45) is 17.9 Å². The largest absolute Gasteiger partial charge is 0.271 e. The fourth-order valence-corrected chi connectivity index (χ4v) is 3.40. The molecule has 1 fully saturated rings. The highest BCUT2D eigenvalue weighted by atomic mass is 79.9. The molecule has 0 radical (unpaired) electrons. The maximum absolute atomic E-state index is 9.67. The summed E-state index contributed by atoms with van der Waals surface area (Å²) in [6.45, 7) is 6.60. The van der Waals surface area contributed by atoms with Crippen molar-refractivity contribution in [2.45, 2.75) is 52.9 Å². The summed E-state index contributed by atoms with van der Waals surface area (Å²) in [4.78, 5) is 0. The fraction of sp³-hybridized carbons (Fsp3) is 0.733. The second-order valence-corrected chi connectivity index (χ2v) is 7.50. The molecule has 19 heavy (non-hydrogen) atoms. The lowest BCUT2D eigenvalue weighted by Gasteiger charge is -2.39. The molecule has 1 aromatic heterocycles. The molecule has 1 aromatic rings. The first-order valence-corrected chi connectivity index (χ1v) is 7.67. The van der Waals surface area contributed by atoms with E-state index >= 15 is 0 Å². The first-order valence-electron chi connectivity index (χ1n) is 6.88. The number of hydrogen-bond donors (Lipinski definition) is 0. The van der Waals surface area contributed by atoms with Gasteiger partial charge in [-0.2, -0.15) is 10.4 Å². The van der Waals surface area contributed by atoms with E-state index in [2.05, 4.69) is 40.9 Å². The first-order chi connectivity index (χ1) is 8.79. The van der Waals surface area contributed by atoms with Crippen LogP contribution in [0.15, 0.2) is 4.47 Å². The van der Waals surface area contributed by atoms with Crippen LogP contribution < -0.4 is 0 Å². The van der Waals surface area contributed by atoms with Crippen molar-refractivity contribution in [3.8, 4) is 6.07 Å².